The van der Waals surface area contributed by atoms with Crippen LogP contribution in [-0.4, -0.2) is 0 Å². The summed E-state index contributed by atoms with van der Waals surface area (Å²) in [7, 11) is 0. The molecule has 8 aromatic rings. The molecule has 0 aromatic heterocycles. The highest BCUT2D eigenvalue weighted by Crippen LogP contribution is 2.52. The molecule has 2 aliphatic rings. The van der Waals surface area contributed by atoms with Crippen LogP contribution < -0.4 is 9.80 Å². The molecule has 53 heavy (non-hydrogen) atoms. The summed E-state index contributed by atoms with van der Waals surface area (Å²) in [6, 6.07) is 60.5. The average molecular weight is 681 g/mol. The molecule has 2 heteroatoms. The van der Waals surface area contributed by atoms with Gasteiger partial charge in [-0.05, 0) is 135 Å². The highest BCUT2D eigenvalue weighted by Gasteiger charge is 2.36. The Bertz CT molecular complexity index is 2760. The van der Waals surface area contributed by atoms with Gasteiger partial charge in [0.25, 0.3) is 0 Å². The molecule has 2 aliphatic carbocycles. The van der Waals surface area contributed by atoms with Gasteiger partial charge in [-0.15, -0.1) is 0 Å². The van der Waals surface area contributed by atoms with E-state index in [1.165, 1.54) is 66.0 Å². The highest BCUT2D eigenvalue weighted by molar-refractivity contribution is 6.15. The summed E-state index contributed by atoms with van der Waals surface area (Å²) in [5, 5.41) is 7.50. The van der Waals surface area contributed by atoms with Crippen molar-refractivity contribution in [1.82, 2.24) is 0 Å². The predicted octanol–water partition coefficient (Wildman–Crippen LogP) is 14.3. The Morgan fingerprint density at radius 1 is 0.434 bits per heavy atom. The lowest BCUT2D eigenvalue weighted by molar-refractivity contribution is 0.661. The molecule has 2 nitrogen and oxygen atoms in total. The summed E-state index contributed by atoms with van der Waals surface area (Å²) in [5.74, 6) is 0. The van der Waals surface area contributed by atoms with E-state index < -0.39 is 0 Å². The van der Waals surface area contributed by atoms with Crippen molar-refractivity contribution in [2.45, 2.75) is 32.1 Å². The van der Waals surface area contributed by atoms with Crippen LogP contribution in [0.25, 0.3) is 43.4 Å². The lowest BCUT2D eigenvalue weighted by atomic mass is 9.81. The predicted molar refractivity (Wildman–Crippen MR) is 226 cm³/mol. The summed E-state index contributed by atoms with van der Waals surface area (Å²) < 4.78 is 0. The van der Waals surface area contributed by atoms with Crippen molar-refractivity contribution in [2.24, 2.45) is 0 Å². The molecule has 254 valence electrons. The molecule has 0 bridgehead atoms. The van der Waals surface area contributed by atoms with Crippen molar-refractivity contribution in [1.29, 1.82) is 0 Å². The van der Waals surface area contributed by atoms with Gasteiger partial charge in [-0.25, -0.2) is 0 Å². The van der Waals surface area contributed by atoms with Crippen LogP contribution in [0.4, 0.5) is 28.4 Å². The van der Waals surface area contributed by atoms with Gasteiger partial charge in [-0.2, -0.15) is 0 Å². The molecular formula is C51H40N2. The Morgan fingerprint density at radius 3 is 1.79 bits per heavy atom. The number of hydrogen-bond acceptors (Lipinski definition) is 2. The van der Waals surface area contributed by atoms with E-state index in [0.29, 0.717) is 0 Å². The smallest absolute Gasteiger partial charge is 0.0546 e. The molecule has 0 radical (unpaired) electrons. The Kier molecular flexibility index (Phi) is 7.33. The minimum atomic E-state index is -0.142. The summed E-state index contributed by atoms with van der Waals surface area (Å²) >= 11 is 0. The number of para-hydroxylation sites is 2. The maximum Gasteiger partial charge on any atom is 0.0546 e. The Morgan fingerprint density at radius 2 is 1.06 bits per heavy atom. The summed E-state index contributed by atoms with van der Waals surface area (Å²) in [6.07, 6.45) is 9.04. The molecule has 0 saturated carbocycles. The summed E-state index contributed by atoms with van der Waals surface area (Å²) in [4.78, 5) is 4.86. The zero-order valence-electron chi connectivity index (χ0n) is 30.1. The third kappa shape index (κ3) is 5.17. The van der Waals surface area contributed by atoms with E-state index in [2.05, 4.69) is 206 Å². The standard InChI is InChI=1S/C51H40N2/c1-51(2)48-31-36-17-13-12-16-35(36)30-47(48)44-28-26-42(34-49(44)51)53(40-23-10-5-11-24-40)50-32-37-18-14-15-25-43(37)46-33-41(27-29-45(46)50)52(38-19-6-3-7-20-38)39-21-8-4-9-22-39/h3,5-8,10-34H,4,9H2,1-2H3. The molecule has 0 spiro atoms. The topological polar surface area (TPSA) is 6.48 Å². The van der Waals surface area contributed by atoms with Crippen LogP contribution in [-0.2, 0) is 5.41 Å². The molecule has 0 fully saturated rings. The number of allylic oxidation sites excluding steroid dienone is 3. The molecule has 8 aromatic carbocycles. The van der Waals surface area contributed by atoms with Crippen molar-refractivity contribution in [3.8, 4) is 11.1 Å². The van der Waals surface area contributed by atoms with Crippen molar-refractivity contribution >= 4 is 60.8 Å². The number of anilines is 5. The number of hydrogen-bond donors (Lipinski definition) is 0. The third-order valence-electron chi connectivity index (χ3n) is 11.4. The van der Waals surface area contributed by atoms with Gasteiger partial charge in [0.15, 0.2) is 0 Å². The second kappa shape index (κ2) is 12.4. The third-order valence-corrected chi connectivity index (χ3v) is 11.4. The van der Waals surface area contributed by atoms with Crippen LogP contribution in [0.2, 0.25) is 0 Å². The van der Waals surface area contributed by atoms with Gasteiger partial charge in [-0.1, -0.05) is 123 Å². The largest absolute Gasteiger partial charge is 0.311 e. The van der Waals surface area contributed by atoms with Crippen molar-refractivity contribution in [2.75, 3.05) is 9.80 Å². The Balaban J connectivity index is 1.19. The lowest BCUT2D eigenvalue weighted by Crippen LogP contribution is -2.17. The van der Waals surface area contributed by atoms with E-state index in [-0.39, 0.29) is 5.41 Å². The molecule has 0 amide bonds. The summed E-state index contributed by atoms with van der Waals surface area (Å²) in [6.45, 7) is 4.76. The Hall–Kier alpha value is -6.38. The van der Waals surface area contributed by atoms with E-state index in [1.54, 1.807) is 0 Å². The van der Waals surface area contributed by atoms with Gasteiger partial charge in [0, 0.05) is 39.2 Å². The first kappa shape index (κ1) is 31.4. The fourth-order valence-electron chi connectivity index (χ4n) is 8.74. The quantitative estimate of drug-likeness (QED) is 0.161. The van der Waals surface area contributed by atoms with Crippen molar-refractivity contribution in [3.05, 3.63) is 199 Å². The van der Waals surface area contributed by atoms with E-state index in [0.717, 1.165) is 35.6 Å². The van der Waals surface area contributed by atoms with E-state index >= 15 is 0 Å². The van der Waals surface area contributed by atoms with E-state index in [1.807, 2.05) is 0 Å². The number of rotatable bonds is 6. The summed E-state index contributed by atoms with van der Waals surface area (Å²) in [5.41, 5.74) is 12.3. The second-order valence-corrected chi connectivity index (χ2v) is 14.9. The first-order valence-corrected chi connectivity index (χ1v) is 18.8. The number of benzene rings is 8. The van der Waals surface area contributed by atoms with Crippen LogP contribution in [0.3, 0.4) is 0 Å². The van der Waals surface area contributed by atoms with E-state index in [9.17, 15) is 0 Å². The van der Waals surface area contributed by atoms with E-state index in [4.69, 9.17) is 0 Å². The van der Waals surface area contributed by atoms with Crippen molar-refractivity contribution in [3.63, 3.8) is 0 Å². The van der Waals surface area contributed by atoms with Crippen molar-refractivity contribution < 1.29 is 0 Å². The molecule has 0 atom stereocenters. The van der Waals surface area contributed by atoms with Gasteiger partial charge in [0.2, 0.25) is 0 Å². The van der Waals surface area contributed by atoms with Gasteiger partial charge in [0.1, 0.15) is 0 Å². The minimum Gasteiger partial charge on any atom is -0.311 e. The van der Waals surface area contributed by atoms with Crippen LogP contribution in [0.15, 0.2) is 188 Å². The lowest BCUT2D eigenvalue weighted by Gasteiger charge is -2.30. The van der Waals surface area contributed by atoms with Crippen LogP contribution in [0.5, 0.6) is 0 Å². The zero-order chi connectivity index (χ0) is 35.5. The average Bonchev–Trinajstić information content (AvgIpc) is 3.43. The maximum absolute atomic E-state index is 2.46. The first-order chi connectivity index (χ1) is 26.0. The SMILES string of the molecule is CC1(C)c2cc(N(c3ccccc3)c3cc4ccccc4c4cc(N(C5=CCCC=C5)c5ccccc5)ccc34)ccc2-c2cc3ccccc3cc21. The molecule has 0 saturated heterocycles. The normalized spacial score (nSPS) is 14.3. The molecule has 0 heterocycles. The van der Waals surface area contributed by atoms with Gasteiger partial charge >= 0.3 is 0 Å². The maximum atomic E-state index is 2.46. The second-order valence-electron chi connectivity index (χ2n) is 14.9. The fraction of sp³-hybridized carbons (Fsp3) is 0.0980. The molecule has 0 aliphatic heterocycles. The van der Waals surface area contributed by atoms with Gasteiger partial charge < -0.3 is 9.80 Å². The van der Waals surface area contributed by atoms with Crippen LogP contribution in [0.1, 0.15) is 37.8 Å². The van der Waals surface area contributed by atoms with Crippen LogP contribution >= 0.6 is 0 Å². The van der Waals surface area contributed by atoms with Crippen LogP contribution in [0, 0.1) is 0 Å². The zero-order valence-corrected chi connectivity index (χ0v) is 30.1. The molecule has 0 N–H and O–H groups in total. The highest BCUT2D eigenvalue weighted by atomic mass is 15.2. The van der Waals surface area contributed by atoms with Gasteiger partial charge in [0.05, 0.1) is 5.69 Å². The Labute approximate surface area is 311 Å². The monoisotopic (exact) mass is 680 g/mol. The number of fused-ring (bicyclic) bond motifs is 7. The number of nitrogens with zero attached hydrogens (tertiary/aromatic N) is 2. The molecule has 10 rings (SSSR count). The minimum absolute atomic E-state index is 0.142. The van der Waals surface area contributed by atoms with Gasteiger partial charge in [-0.3, -0.25) is 0 Å². The first-order valence-electron chi connectivity index (χ1n) is 18.8. The fourth-order valence-corrected chi connectivity index (χ4v) is 8.74. The molecular weight excluding hydrogens is 641 g/mol. The molecule has 0 unspecified atom stereocenters.